The third kappa shape index (κ3) is 4.26. The molecule has 0 spiro atoms. The van der Waals surface area contributed by atoms with Crippen LogP contribution in [0.3, 0.4) is 0 Å². The van der Waals surface area contributed by atoms with E-state index in [-0.39, 0.29) is 0 Å². The molecule has 0 atom stereocenters. The third-order valence-electron chi connectivity index (χ3n) is 3.01. The Kier molecular flexibility index (Phi) is 5.40. The molecule has 1 aliphatic carbocycles. The van der Waals surface area contributed by atoms with Crippen molar-refractivity contribution in [2.24, 2.45) is 5.92 Å². The Labute approximate surface area is 118 Å². The van der Waals surface area contributed by atoms with Gasteiger partial charge >= 0.3 is 0 Å². The van der Waals surface area contributed by atoms with E-state index in [0.29, 0.717) is 5.92 Å². The van der Waals surface area contributed by atoms with E-state index in [2.05, 4.69) is 81.5 Å². The van der Waals surface area contributed by atoms with Crippen LogP contribution in [0.25, 0.3) is 6.08 Å². The topological polar surface area (TPSA) is 3.88 Å². The lowest BCUT2D eigenvalue weighted by Gasteiger charge is -1.98. The van der Waals surface area contributed by atoms with E-state index in [9.17, 15) is 0 Å². The maximum atomic E-state index is 3.46. The van der Waals surface area contributed by atoms with Crippen molar-refractivity contribution in [1.29, 1.82) is 0 Å². The van der Waals surface area contributed by atoms with Gasteiger partial charge in [0.1, 0.15) is 6.54 Å². The molecule has 0 N–H and O–H groups in total. The molecule has 0 fully saturated rings. The van der Waals surface area contributed by atoms with Gasteiger partial charge in [0.05, 0.1) is 0 Å². The molecule has 0 aromatic carbocycles. The number of rotatable bonds is 6. The summed E-state index contributed by atoms with van der Waals surface area (Å²) in [6.07, 6.45) is 19.8. The summed E-state index contributed by atoms with van der Waals surface area (Å²) in [6, 6.07) is 4.35. The van der Waals surface area contributed by atoms with Gasteiger partial charge in [-0.2, -0.15) is 0 Å². The monoisotopic (exact) mass is 304 g/mol. The number of hydrogen-bond acceptors (Lipinski definition) is 0. The molecule has 2 rings (SSSR count). The Hall–Kier alpha value is -1.15. The minimum Gasteiger partial charge on any atom is -0.205 e. The molecule has 0 radical (unpaired) electrons. The summed E-state index contributed by atoms with van der Waals surface area (Å²) in [5, 5.41) is 1.09. The molecule has 0 unspecified atom stereocenters. The number of alkyl halides is 1. The molecule has 0 saturated carbocycles. The molecule has 1 heterocycles. The molecule has 0 amide bonds. The highest BCUT2D eigenvalue weighted by Crippen LogP contribution is 2.12. The lowest BCUT2D eigenvalue weighted by atomic mass is 10.1. The van der Waals surface area contributed by atoms with Crippen LogP contribution in [0.5, 0.6) is 0 Å². The van der Waals surface area contributed by atoms with Crippen LogP contribution in [-0.4, -0.2) is 5.33 Å². The van der Waals surface area contributed by atoms with E-state index in [0.717, 1.165) is 11.9 Å². The van der Waals surface area contributed by atoms with Gasteiger partial charge in [0.2, 0.25) is 0 Å². The van der Waals surface area contributed by atoms with Gasteiger partial charge in [0.15, 0.2) is 12.4 Å². The molecule has 1 nitrogen and oxygen atoms in total. The molecule has 0 bridgehead atoms. The molecule has 1 aromatic rings. The first-order chi connectivity index (χ1) is 8.88. The number of unbranched alkanes of at least 4 members (excludes halogenated alkanes) is 1. The predicted molar refractivity (Wildman–Crippen MR) is 80.5 cm³/mol. The second-order valence-corrected chi connectivity index (χ2v) is 5.26. The quantitative estimate of drug-likeness (QED) is 0.426. The van der Waals surface area contributed by atoms with Gasteiger partial charge in [0, 0.05) is 29.8 Å². The summed E-state index contributed by atoms with van der Waals surface area (Å²) in [4.78, 5) is 0. The largest absolute Gasteiger partial charge is 0.205 e. The molecular weight excluding hydrogens is 286 g/mol. The highest BCUT2D eigenvalue weighted by atomic mass is 79.9. The Balaban J connectivity index is 1.87. The minimum absolute atomic E-state index is 0.469. The van der Waals surface area contributed by atoms with E-state index in [1.54, 1.807) is 0 Å². The summed E-state index contributed by atoms with van der Waals surface area (Å²) in [5.41, 5.74) is 1.26. The molecule has 0 aliphatic heterocycles. The van der Waals surface area contributed by atoms with Crippen molar-refractivity contribution in [1.82, 2.24) is 0 Å². The highest BCUT2D eigenvalue weighted by Gasteiger charge is 2.00. The fraction of sp³-hybridized carbons (Fsp3) is 0.312. The first-order valence-corrected chi connectivity index (χ1v) is 7.59. The number of aromatic nitrogens is 1. The second kappa shape index (κ2) is 7.32. The van der Waals surface area contributed by atoms with Crippen LogP contribution >= 0.6 is 15.9 Å². The van der Waals surface area contributed by atoms with Gasteiger partial charge in [-0.15, -0.1) is 0 Å². The molecule has 0 saturated heterocycles. The SMILES string of the molecule is BrCCCC[n+]1ccc(/C=C/C2C=CC=C2)cc1. The van der Waals surface area contributed by atoms with E-state index >= 15 is 0 Å². The zero-order valence-corrected chi connectivity index (χ0v) is 12.1. The Morgan fingerprint density at radius 3 is 2.50 bits per heavy atom. The lowest BCUT2D eigenvalue weighted by molar-refractivity contribution is -0.697. The molecule has 1 aliphatic rings. The Morgan fingerprint density at radius 2 is 1.83 bits per heavy atom. The number of hydrogen-bond donors (Lipinski definition) is 0. The molecule has 94 valence electrons. The van der Waals surface area contributed by atoms with E-state index in [1.165, 1.54) is 18.4 Å². The Bertz CT molecular complexity index is 431. The van der Waals surface area contributed by atoms with Gasteiger partial charge in [0.25, 0.3) is 0 Å². The standard InChI is InChI=1S/C16H19BrN/c17-11-3-4-12-18-13-9-16(10-14-18)8-7-15-5-1-2-6-15/h1-2,5-10,13-15H,3-4,11-12H2/q+1/b8-7+. The molecule has 1 aromatic heterocycles. The zero-order chi connectivity index (χ0) is 12.6. The Morgan fingerprint density at radius 1 is 1.11 bits per heavy atom. The average molecular weight is 305 g/mol. The first-order valence-electron chi connectivity index (χ1n) is 6.47. The van der Waals surface area contributed by atoms with Crippen LogP contribution in [-0.2, 0) is 6.54 Å². The van der Waals surface area contributed by atoms with Crippen molar-refractivity contribution >= 4 is 22.0 Å². The summed E-state index contributed by atoms with van der Waals surface area (Å²) in [6.45, 7) is 1.10. The van der Waals surface area contributed by atoms with Crippen LogP contribution in [0, 0.1) is 5.92 Å². The minimum atomic E-state index is 0.469. The van der Waals surface area contributed by atoms with Crippen molar-refractivity contribution in [2.45, 2.75) is 19.4 Å². The number of pyridine rings is 1. The molecular formula is C16H19BrN+. The van der Waals surface area contributed by atoms with Crippen molar-refractivity contribution < 1.29 is 4.57 Å². The van der Waals surface area contributed by atoms with Crippen molar-refractivity contribution in [2.75, 3.05) is 5.33 Å². The fourth-order valence-electron chi connectivity index (χ4n) is 1.92. The van der Waals surface area contributed by atoms with Gasteiger partial charge < -0.3 is 0 Å². The summed E-state index contributed by atoms with van der Waals surface area (Å²) in [7, 11) is 0. The third-order valence-corrected chi connectivity index (χ3v) is 3.57. The van der Waals surface area contributed by atoms with E-state index in [1.807, 2.05) is 0 Å². The molecule has 18 heavy (non-hydrogen) atoms. The van der Waals surface area contributed by atoms with Crippen LogP contribution < -0.4 is 4.57 Å². The van der Waals surface area contributed by atoms with Crippen LogP contribution in [0.1, 0.15) is 18.4 Å². The van der Waals surface area contributed by atoms with Gasteiger partial charge in [-0.3, -0.25) is 0 Å². The van der Waals surface area contributed by atoms with Gasteiger partial charge in [-0.1, -0.05) is 52.4 Å². The number of aryl methyl sites for hydroxylation is 1. The number of allylic oxidation sites excluding steroid dienone is 5. The first kappa shape index (κ1) is 13.3. The predicted octanol–water partition coefficient (Wildman–Crippen LogP) is 3.90. The van der Waals surface area contributed by atoms with E-state index in [4.69, 9.17) is 0 Å². The average Bonchev–Trinajstić information content (AvgIpc) is 2.91. The summed E-state index contributed by atoms with van der Waals surface area (Å²) >= 11 is 3.46. The summed E-state index contributed by atoms with van der Waals surface area (Å²) < 4.78 is 2.25. The van der Waals surface area contributed by atoms with Gasteiger partial charge in [-0.25, -0.2) is 4.57 Å². The molecule has 2 heteroatoms. The van der Waals surface area contributed by atoms with Crippen LogP contribution in [0.15, 0.2) is 54.9 Å². The second-order valence-electron chi connectivity index (χ2n) is 4.47. The van der Waals surface area contributed by atoms with Crippen molar-refractivity contribution in [3.63, 3.8) is 0 Å². The van der Waals surface area contributed by atoms with Crippen molar-refractivity contribution in [3.8, 4) is 0 Å². The van der Waals surface area contributed by atoms with Crippen molar-refractivity contribution in [3.05, 3.63) is 60.5 Å². The smallest absolute Gasteiger partial charge is 0.169 e. The maximum absolute atomic E-state index is 3.46. The van der Waals surface area contributed by atoms with Crippen LogP contribution in [0.2, 0.25) is 0 Å². The van der Waals surface area contributed by atoms with Crippen LogP contribution in [0.4, 0.5) is 0 Å². The normalized spacial score (nSPS) is 14.9. The summed E-state index contributed by atoms with van der Waals surface area (Å²) in [5.74, 6) is 0.469. The maximum Gasteiger partial charge on any atom is 0.169 e. The number of nitrogens with zero attached hydrogens (tertiary/aromatic N) is 1. The number of halogens is 1. The zero-order valence-electron chi connectivity index (χ0n) is 10.5. The van der Waals surface area contributed by atoms with E-state index < -0.39 is 0 Å². The van der Waals surface area contributed by atoms with Gasteiger partial charge in [-0.05, 0) is 12.0 Å². The lowest BCUT2D eigenvalue weighted by Crippen LogP contribution is -2.32. The highest BCUT2D eigenvalue weighted by molar-refractivity contribution is 9.09. The fourth-order valence-corrected chi connectivity index (χ4v) is 2.31.